The Morgan fingerprint density at radius 1 is 1.23 bits per heavy atom. The molecule has 1 amide bonds. The third kappa shape index (κ3) is 3.47. The third-order valence-electron chi connectivity index (χ3n) is 4.95. The molecule has 1 aromatic heterocycles. The Labute approximate surface area is 131 Å². The van der Waals surface area contributed by atoms with Crippen LogP contribution in [0.3, 0.4) is 0 Å². The second kappa shape index (κ2) is 7.20. The summed E-state index contributed by atoms with van der Waals surface area (Å²) in [5.41, 5.74) is 0.637. The lowest BCUT2D eigenvalue weighted by Gasteiger charge is -2.30. The first-order valence-corrected chi connectivity index (χ1v) is 8.30. The van der Waals surface area contributed by atoms with Gasteiger partial charge in [-0.3, -0.25) is 9.78 Å². The summed E-state index contributed by atoms with van der Waals surface area (Å²) >= 11 is 0. The van der Waals surface area contributed by atoms with Gasteiger partial charge in [-0.05, 0) is 44.0 Å². The SMILES string of the molecule is O=C(c1cccnc1)N1C[C@@H](CO)[C@@H](CN2CCCCC2)C1. The lowest BCUT2D eigenvalue weighted by molar-refractivity contribution is 0.0778. The number of aliphatic hydroxyl groups is 1. The molecule has 2 saturated heterocycles. The van der Waals surface area contributed by atoms with E-state index in [-0.39, 0.29) is 18.4 Å². The van der Waals surface area contributed by atoms with Crippen LogP contribution >= 0.6 is 0 Å². The molecule has 120 valence electrons. The highest BCUT2D eigenvalue weighted by Crippen LogP contribution is 2.26. The highest BCUT2D eigenvalue weighted by atomic mass is 16.3. The molecular weight excluding hydrogens is 278 g/mol. The average Bonchev–Trinajstić information content (AvgIpc) is 2.99. The molecule has 2 fully saturated rings. The van der Waals surface area contributed by atoms with Crippen LogP contribution in [0.1, 0.15) is 29.6 Å². The molecule has 1 N–H and O–H groups in total. The summed E-state index contributed by atoms with van der Waals surface area (Å²) in [7, 11) is 0. The van der Waals surface area contributed by atoms with Gasteiger partial charge in [0, 0.05) is 44.6 Å². The molecule has 2 atom stereocenters. The van der Waals surface area contributed by atoms with E-state index in [2.05, 4.69) is 9.88 Å². The Bertz CT molecular complexity index is 488. The largest absolute Gasteiger partial charge is 0.396 e. The van der Waals surface area contributed by atoms with Crippen molar-refractivity contribution in [1.29, 1.82) is 0 Å². The van der Waals surface area contributed by atoms with Crippen molar-refractivity contribution in [3.8, 4) is 0 Å². The number of aliphatic hydroxyl groups excluding tert-OH is 1. The van der Waals surface area contributed by atoms with Gasteiger partial charge in [0.15, 0.2) is 0 Å². The molecule has 0 radical (unpaired) electrons. The van der Waals surface area contributed by atoms with E-state index in [9.17, 15) is 9.90 Å². The predicted octanol–water partition coefficient (Wildman–Crippen LogP) is 1.25. The van der Waals surface area contributed by atoms with Gasteiger partial charge in [-0.1, -0.05) is 6.42 Å². The Kier molecular flexibility index (Phi) is 5.05. The lowest BCUT2D eigenvalue weighted by Crippen LogP contribution is -2.37. The number of hydrogen-bond acceptors (Lipinski definition) is 4. The van der Waals surface area contributed by atoms with Crippen LogP contribution in [0.5, 0.6) is 0 Å². The Morgan fingerprint density at radius 3 is 2.68 bits per heavy atom. The second-order valence-corrected chi connectivity index (χ2v) is 6.52. The molecule has 0 saturated carbocycles. The summed E-state index contributed by atoms with van der Waals surface area (Å²) in [5.74, 6) is 0.610. The topological polar surface area (TPSA) is 56.7 Å². The molecule has 1 aromatic rings. The molecule has 3 heterocycles. The van der Waals surface area contributed by atoms with Crippen LogP contribution in [0, 0.1) is 11.8 Å². The van der Waals surface area contributed by atoms with Gasteiger partial charge in [0.05, 0.1) is 5.56 Å². The fourth-order valence-electron chi connectivity index (χ4n) is 3.66. The number of carbonyl (C=O) groups excluding carboxylic acids is 1. The zero-order chi connectivity index (χ0) is 15.4. The third-order valence-corrected chi connectivity index (χ3v) is 4.95. The zero-order valence-electron chi connectivity index (χ0n) is 13.0. The standard InChI is InChI=1S/C17H25N3O2/c21-13-16-12-20(17(22)14-5-4-6-18-9-14)11-15(16)10-19-7-2-1-3-8-19/h4-6,9,15-16,21H,1-3,7-8,10-13H2/t15-,16-/m0/s1. The number of piperidine rings is 1. The van der Waals surface area contributed by atoms with Crippen molar-refractivity contribution >= 4 is 5.91 Å². The van der Waals surface area contributed by atoms with Gasteiger partial charge in [0.25, 0.3) is 5.91 Å². The Morgan fingerprint density at radius 2 is 2.00 bits per heavy atom. The minimum atomic E-state index is 0.0349. The molecule has 5 heteroatoms. The van der Waals surface area contributed by atoms with Gasteiger partial charge >= 0.3 is 0 Å². The van der Waals surface area contributed by atoms with E-state index in [0.29, 0.717) is 18.0 Å². The van der Waals surface area contributed by atoms with Crippen molar-refractivity contribution in [1.82, 2.24) is 14.8 Å². The fourth-order valence-corrected chi connectivity index (χ4v) is 3.66. The molecule has 0 spiro atoms. The maximum absolute atomic E-state index is 12.5. The quantitative estimate of drug-likeness (QED) is 0.909. The van der Waals surface area contributed by atoms with Crippen molar-refractivity contribution in [2.45, 2.75) is 19.3 Å². The summed E-state index contributed by atoms with van der Waals surface area (Å²) in [5, 5.41) is 9.67. The van der Waals surface area contributed by atoms with Gasteiger partial charge in [0.2, 0.25) is 0 Å². The van der Waals surface area contributed by atoms with Crippen LogP contribution in [-0.2, 0) is 0 Å². The number of nitrogens with zero attached hydrogens (tertiary/aromatic N) is 3. The van der Waals surface area contributed by atoms with Gasteiger partial charge in [0.1, 0.15) is 0 Å². The molecule has 0 bridgehead atoms. The van der Waals surface area contributed by atoms with Crippen LogP contribution in [0.2, 0.25) is 0 Å². The van der Waals surface area contributed by atoms with Crippen LogP contribution in [0.25, 0.3) is 0 Å². The fraction of sp³-hybridized carbons (Fsp3) is 0.647. The van der Waals surface area contributed by atoms with E-state index in [0.717, 1.165) is 26.2 Å². The number of pyridine rings is 1. The monoisotopic (exact) mass is 303 g/mol. The highest BCUT2D eigenvalue weighted by molar-refractivity contribution is 5.94. The second-order valence-electron chi connectivity index (χ2n) is 6.52. The Hall–Kier alpha value is -1.46. The molecule has 2 aliphatic rings. The molecule has 0 aliphatic carbocycles. The normalized spacial score (nSPS) is 26.3. The van der Waals surface area contributed by atoms with E-state index >= 15 is 0 Å². The molecule has 0 unspecified atom stereocenters. The number of hydrogen-bond donors (Lipinski definition) is 1. The van der Waals surface area contributed by atoms with Crippen LogP contribution < -0.4 is 0 Å². The number of amides is 1. The summed E-state index contributed by atoms with van der Waals surface area (Å²) in [6.45, 7) is 4.88. The van der Waals surface area contributed by atoms with Gasteiger partial charge < -0.3 is 14.9 Å². The van der Waals surface area contributed by atoms with E-state index < -0.39 is 0 Å². The summed E-state index contributed by atoms with van der Waals surface area (Å²) in [4.78, 5) is 20.9. The van der Waals surface area contributed by atoms with Gasteiger partial charge in [-0.2, -0.15) is 0 Å². The van der Waals surface area contributed by atoms with Crippen molar-refractivity contribution < 1.29 is 9.90 Å². The summed E-state index contributed by atoms with van der Waals surface area (Å²) < 4.78 is 0. The molecule has 0 aromatic carbocycles. The number of carbonyl (C=O) groups is 1. The molecule has 2 aliphatic heterocycles. The predicted molar refractivity (Wildman–Crippen MR) is 84.5 cm³/mol. The lowest BCUT2D eigenvalue weighted by atomic mass is 9.95. The maximum atomic E-state index is 12.5. The highest BCUT2D eigenvalue weighted by Gasteiger charge is 2.36. The van der Waals surface area contributed by atoms with Gasteiger partial charge in [-0.25, -0.2) is 0 Å². The minimum Gasteiger partial charge on any atom is -0.396 e. The van der Waals surface area contributed by atoms with E-state index in [1.54, 1.807) is 24.5 Å². The smallest absolute Gasteiger partial charge is 0.255 e. The molecular formula is C17H25N3O2. The van der Waals surface area contributed by atoms with Gasteiger partial charge in [-0.15, -0.1) is 0 Å². The molecule has 22 heavy (non-hydrogen) atoms. The van der Waals surface area contributed by atoms with E-state index in [4.69, 9.17) is 0 Å². The van der Waals surface area contributed by atoms with E-state index in [1.807, 2.05) is 4.90 Å². The first-order chi connectivity index (χ1) is 10.8. The molecule has 3 rings (SSSR count). The van der Waals surface area contributed by atoms with Crippen molar-refractivity contribution in [2.24, 2.45) is 11.8 Å². The van der Waals surface area contributed by atoms with E-state index in [1.165, 1.54) is 19.3 Å². The number of aromatic nitrogens is 1. The van der Waals surface area contributed by atoms with Crippen LogP contribution in [-0.4, -0.2) is 65.1 Å². The van der Waals surface area contributed by atoms with Crippen molar-refractivity contribution in [3.05, 3.63) is 30.1 Å². The summed E-state index contributed by atoms with van der Waals surface area (Å²) in [6.07, 6.45) is 7.17. The number of rotatable bonds is 4. The first-order valence-electron chi connectivity index (χ1n) is 8.30. The van der Waals surface area contributed by atoms with Crippen LogP contribution in [0.4, 0.5) is 0 Å². The average molecular weight is 303 g/mol. The minimum absolute atomic E-state index is 0.0349. The number of likely N-dealkylation sites (tertiary alicyclic amines) is 2. The van der Waals surface area contributed by atoms with Crippen molar-refractivity contribution in [3.63, 3.8) is 0 Å². The zero-order valence-corrected chi connectivity index (χ0v) is 13.0. The molecule has 5 nitrogen and oxygen atoms in total. The summed E-state index contributed by atoms with van der Waals surface area (Å²) in [6, 6.07) is 3.60. The Balaban J connectivity index is 1.62. The van der Waals surface area contributed by atoms with Crippen LogP contribution in [0.15, 0.2) is 24.5 Å². The van der Waals surface area contributed by atoms with Crippen molar-refractivity contribution in [2.75, 3.05) is 39.3 Å². The maximum Gasteiger partial charge on any atom is 0.255 e. The first kappa shape index (κ1) is 15.4.